The summed E-state index contributed by atoms with van der Waals surface area (Å²) in [5.41, 5.74) is 2.70. The molecule has 0 spiro atoms. The predicted octanol–water partition coefficient (Wildman–Crippen LogP) is 3.63. The van der Waals surface area contributed by atoms with Gasteiger partial charge in [-0.2, -0.15) is 0 Å². The number of anilines is 1. The van der Waals surface area contributed by atoms with Crippen molar-refractivity contribution in [2.45, 2.75) is 46.1 Å². The maximum atomic E-state index is 12.3. The Kier molecular flexibility index (Phi) is 7.02. The van der Waals surface area contributed by atoms with Crippen molar-refractivity contribution >= 4 is 21.6 Å². The van der Waals surface area contributed by atoms with Gasteiger partial charge in [-0.1, -0.05) is 39.0 Å². The summed E-state index contributed by atoms with van der Waals surface area (Å²) in [7, 11) is -3.35. The van der Waals surface area contributed by atoms with Gasteiger partial charge in [0.25, 0.3) is 5.91 Å². The third-order valence-corrected chi connectivity index (χ3v) is 5.16. The Balaban J connectivity index is 1.96. The zero-order chi connectivity index (χ0) is 22.7. The molecule has 1 atom stereocenters. The lowest BCUT2D eigenvalue weighted by Crippen LogP contribution is -2.31. The van der Waals surface area contributed by atoms with E-state index < -0.39 is 10.0 Å². The average molecular weight is 435 g/mol. The van der Waals surface area contributed by atoms with Crippen LogP contribution in [0.4, 0.5) is 5.69 Å². The normalized spacial score (nSPS) is 12.9. The summed E-state index contributed by atoms with van der Waals surface area (Å²) in [5, 5.41) is 13.0. The number of ether oxygens (including phenoxy) is 1. The van der Waals surface area contributed by atoms with Crippen LogP contribution < -0.4 is 14.8 Å². The van der Waals surface area contributed by atoms with Crippen LogP contribution in [0.15, 0.2) is 36.4 Å². The monoisotopic (exact) mass is 434 g/mol. The number of amides is 1. The van der Waals surface area contributed by atoms with Crippen LogP contribution in [0.25, 0.3) is 0 Å². The van der Waals surface area contributed by atoms with E-state index in [-0.39, 0.29) is 29.7 Å². The number of hydrogen-bond donors (Lipinski definition) is 3. The molecule has 0 saturated heterocycles. The minimum Gasteiger partial charge on any atom is -0.508 e. The molecule has 2 rings (SSSR count). The van der Waals surface area contributed by atoms with Crippen molar-refractivity contribution in [2.24, 2.45) is 0 Å². The highest BCUT2D eigenvalue weighted by Crippen LogP contribution is 2.33. The van der Waals surface area contributed by atoms with E-state index in [1.165, 1.54) is 6.07 Å². The standard InChI is InChI=1S/C22H30N2O5S/c1-14-11-16(7-10-19(14)24-30(6,27)28)15(2)23-21(26)13-29-17-8-9-18(20(25)12-17)22(3,4)5/h7-12,15,24-25H,13H2,1-6H3,(H,23,26). The van der Waals surface area contributed by atoms with E-state index in [0.29, 0.717) is 11.4 Å². The summed E-state index contributed by atoms with van der Waals surface area (Å²) in [6.45, 7) is 9.45. The van der Waals surface area contributed by atoms with Gasteiger partial charge >= 0.3 is 0 Å². The van der Waals surface area contributed by atoms with Crippen LogP contribution in [0.1, 0.15) is 50.4 Å². The Morgan fingerprint density at radius 1 is 1.17 bits per heavy atom. The molecule has 8 heteroatoms. The number of phenols is 1. The van der Waals surface area contributed by atoms with Gasteiger partial charge in [0, 0.05) is 6.07 Å². The first kappa shape index (κ1) is 23.5. The number of phenolic OH excluding ortho intramolecular Hbond substituents is 1. The number of sulfonamides is 1. The Bertz CT molecular complexity index is 1030. The van der Waals surface area contributed by atoms with Gasteiger partial charge in [-0.25, -0.2) is 8.42 Å². The molecule has 0 saturated carbocycles. The summed E-state index contributed by atoms with van der Waals surface area (Å²) < 4.78 is 30.8. The lowest BCUT2D eigenvalue weighted by molar-refractivity contribution is -0.123. The second-order valence-corrected chi connectivity index (χ2v) is 10.2. The molecular formula is C22H30N2O5S. The van der Waals surface area contributed by atoms with Gasteiger partial charge in [0.05, 0.1) is 18.0 Å². The molecule has 1 amide bonds. The molecule has 2 aromatic rings. The van der Waals surface area contributed by atoms with Gasteiger partial charge in [-0.15, -0.1) is 0 Å². The van der Waals surface area contributed by atoms with Gasteiger partial charge in [-0.05, 0) is 48.1 Å². The summed E-state index contributed by atoms with van der Waals surface area (Å²) in [6.07, 6.45) is 1.10. The molecule has 0 heterocycles. The van der Waals surface area contributed by atoms with E-state index in [1.807, 2.05) is 33.8 Å². The summed E-state index contributed by atoms with van der Waals surface area (Å²) in [5.74, 6) is 0.236. The number of carbonyl (C=O) groups is 1. The van der Waals surface area contributed by atoms with Crippen molar-refractivity contribution in [3.63, 3.8) is 0 Å². The first-order valence-corrected chi connectivity index (χ1v) is 11.5. The van der Waals surface area contributed by atoms with E-state index >= 15 is 0 Å². The molecule has 7 nitrogen and oxygen atoms in total. The summed E-state index contributed by atoms with van der Waals surface area (Å²) >= 11 is 0. The summed E-state index contributed by atoms with van der Waals surface area (Å²) in [6, 6.07) is 9.99. The van der Waals surface area contributed by atoms with Crippen LogP contribution in [0, 0.1) is 6.92 Å². The van der Waals surface area contributed by atoms with Gasteiger partial charge in [0.1, 0.15) is 11.5 Å². The number of benzene rings is 2. The van der Waals surface area contributed by atoms with Crippen LogP contribution >= 0.6 is 0 Å². The molecule has 0 aromatic heterocycles. The second-order valence-electron chi connectivity index (χ2n) is 8.46. The van der Waals surface area contributed by atoms with Crippen molar-refractivity contribution in [3.8, 4) is 11.5 Å². The second kappa shape index (κ2) is 8.95. The Morgan fingerprint density at radius 3 is 2.37 bits per heavy atom. The highest BCUT2D eigenvalue weighted by molar-refractivity contribution is 7.92. The number of nitrogens with one attached hydrogen (secondary N) is 2. The molecule has 0 fully saturated rings. The largest absolute Gasteiger partial charge is 0.508 e. The molecule has 0 bridgehead atoms. The fourth-order valence-electron chi connectivity index (χ4n) is 3.02. The average Bonchev–Trinajstić information content (AvgIpc) is 2.59. The van der Waals surface area contributed by atoms with Crippen LogP contribution in [-0.4, -0.2) is 32.3 Å². The number of carbonyl (C=O) groups excluding carboxylic acids is 1. The van der Waals surface area contributed by atoms with E-state index in [2.05, 4.69) is 10.0 Å². The number of hydrogen-bond acceptors (Lipinski definition) is 5. The fraction of sp³-hybridized carbons (Fsp3) is 0.409. The Morgan fingerprint density at radius 2 is 1.83 bits per heavy atom. The van der Waals surface area contributed by atoms with E-state index in [9.17, 15) is 18.3 Å². The van der Waals surface area contributed by atoms with Crippen molar-refractivity contribution in [1.82, 2.24) is 5.32 Å². The summed E-state index contributed by atoms with van der Waals surface area (Å²) in [4.78, 5) is 12.3. The predicted molar refractivity (Wildman–Crippen MR) is 119 cm³/mol. The minimum atomic E-state index is -3.35. The quantitative estimate of drug-likeness (QED) is 0.617. The fourth-order valence-corrected chi connectivity index (χ4v) is 3.65. The van der Waals surface area contributed by atoms with Crippen molar-refractivity contribution in [1.29, 1.82) is 0 Å². The van der Waals surface area contributed by atoms with Crippen molar-refractivity contribution in [3.05, 3.63) is 53.1 Å². The Hall–Kier alpha value is -2.74. The molecule has 164 valence electrons. The van der Waals surface area contributed by atoms with Crippen LogP contribution in [-0.2, 0) is 20.2 Å². The number of aryl methyl sites for hydroxylation is 1. The van der Waals surface area contributed by atoms with Crippen LogP contribution in [0.2, 0.25) is 0 Å². The zero-order valence-corrected chi connectivity index (χ0v) is 19.1. The molecule has 1 unspecified atom stereocenters. The van der Waals surface area contributed by atoms with E-state index in [0.717, 1.165) is 22.9 Å². The minimum absolute atomic E-state index is 0.132. The molecule has 30 heavy (non-hydrogen) atoms. The topological polar surface area (TPSA) is 105 Å². The highest BCUT2D eigenvalue weighted by atomic mass is 32.2. The molecule has 0 aliphatic rings. The maximum Gasteiger partial charge on any atom is 0.258 e. The van der Waals surface area contributed by atoms with Crippen molar-refractivity contribution < 1.29 is 23.1 Å². The molecule has 2 aromatic carbocycles. The maximum absolute atomic E-state index is 12.3. The molecular weight excluding hydrogens is 404 g/mol. The Labute approximate surface area is 178 Å². The first-order valence-electron chi connectivity index (χ1n) is 9.60. The van der Waals surface area contributed by atoms with Gasteiger partial charge in [0.15, 0.2) is 6.61 Å². The number of aromatic hydroxyl groups is 1. The number of rotatable bonds is 7. The van der Waals surface area contributed by atoms with Crippen molar-refractivity contribution in [2.75, 3.05) is 17.6 Å². The lowest BCUT2D eigenvalue weighted by atomic mass is 9.86. The third kappa shape index (κ3) is 6.66. The zero-order valence-electron chi connectivity index (χ0n) is 18.2. The molecule has 0 radical (unpaired) electrons. The van der Waals surface area contributed by atoms with Gasteiger partial charge in [-0.3, -0.25) is 9.52 Å². The smallest absolute Gasteiger partial charge is 0.258 e. The lowest BCUT2D eigenvalue weighted by Gasteiger charge is -2.21. The molecule has 3 N–H and O–H groups in total. The SMILES string of the molecule is Cc1cc(C(C)NC(=O)COc2ccc(C(C)(C)C)c(O)c2)ccc1NS(C)(=O)=O. The van der Waals surface area contributed by atoms with Gasteiger partial charge in [0.2, 0.25) is 10.0 Å². The first-order chi connectivity index (χ1) is 13.8. The van der Waals surface area contributed by atoms with Crippen LogP contribution in [0.5, 0.6) is 11.5 Å². The van der Waals surface area contributed by atoms with Gasteiger partial charge < -0.3 is 15.2 Å². The highest BCUT2D eigenvalue weighted by Gasteiger charge is 2.18. The third-order valence-electron chi connectivity index (χ3n) is 4.57. The molecule has 0 aliphatic carbocycles. The van der Waals surface area contributed by atoms with E-state index in [4.69, 9.17) is 4.74 Å². The van der Waals surface area contributed by atoms with Crippen LogP contribution in [0.3, 0.4) is 0 Å². The van der Waals surface area contributed by atoms with E-state index in [1.54, 1.807) is 31.2 Å². The molecule has 0 aliphatic heterocycles.